The SMILES string of the molecule is CCOC(=O)C(C#N)=C([S-])[S-].Cc1cc(-c2ccccc2)c2ccc3c(-c4ccccc4)cc(C)nc3c2n1.[Pt+2]. The molecule has 0 radical (unpaired) electrons. The number of hydrogen-bond acceptors (Lipinski definition) is 7. The number of aromatic nitrogens is 2. The van der Waals surface area contributed by atoms with Gasteiger partial charge in [0.25, 0.3) is 0 Å². The number of nitrogens with zero attached hydrogens (tertiary/aromatic N) is 3. The zero-order valence-corrected chi connectivity index (χ0v) is 26.0. The number of hydrogen-bond donors (Lipinski definition) is 0. The second-order valence-electron chi connectivity index (χ2n) is 8.71. The molecule has 3 aromatic carbocycles. The minimum atomic E-state index is -0.741. The van der Waals surface area contributed by atoms with Crippen LogP contribution in [0.25, 0.3) is 44.1 Å². The van der Waals surface area contributed by atoms with Crippen molar-refractivity contribution < 1.29 is 30.6 Å². The van der Waals surface area contributed by atoms with Gasteiger partial charge in [-0.3, -0.25) is 9.97 Å². The molecular weight excluding hydrogens is 718 g/mol. The molecule has 5 nitrogen and oxygen atoms in total. The van der Waals surface area contributed by atoms with Crippen molar-refractivity contribution in [3.05, 3.63) is 106 Å². The first-order valence-electron chi connectivity index (χ1n) is 12.3. The Kier molecular flexibility index (Phi) is 10.9. The zero-order chi connectivity index (χ0) is 27.9. The van der Waals surface area contributed by atoms with Gasteiger partial charge in [0.1, 0.15) is 6.07 Å². The minimum Gasteiger partial charge on any atom is -0.806 e. The maximum absolute atomic E-state index is 10.8. The van der Waals surface area contributed by atoms with Crippen LogP contribution < -0.4 is 0 Å². The number of rotatable bonds is 4. The van der Waals surface area contributed by atoms with Crippen molar-refractivity contribution in [2.75, 3.05) is 6.61 Å². The fourth-order valence-electron chi connectivity index (χ4n) is 4.32. The summed E-state index contributed by atoms with van der Waals surface area (Å²) in [4.78, 5) is 20.6. The first kappa shape index (κ1) is 30.8. The van der Waals surface area contributed by atoms with Crippen LogP contribution in [0.4, 0.5) is 0 Å². The molecule has 0 fully saturated rings. The van der Waals surface area contributed by atoms with E-state index in [0.29, 0.717) is 0 Å². The Morgan fingerprint density at radius 2 is 1.23 bits per heavy atom. The Morgan fingerprint density at radius 1 is 0.800 bits per heavy atom. The molecule has 0 atom stereocenters. The summed E-state index contributed by atoms with van der Waals surface area (Å²) in [6.07, 6.45) is 0. The van der Waals surface area contributed by atoms with Gasteiger partial charge < -0.3 is 34.2 Å². The topological polar surface area (TPSA) is 75.9 Å². The van der Waals surface area contributed by atoms with E-state index >= 15 is 0 Å². The number of pyridine rings is 2. The van der Waals surface area contributed by atoms with Crippen molar-refractivity contribution in [3.8, 4) is 28.3 Å². The fourth-order valence-corrected chi connectivity index (χ4v) is 4.58. The van der Waals surface area contributed by atoms with E-state index in [1.165, 1.54) is 22.3 Å². The van der Waals surface area contributed by atoms with Gasteiger partial charge in [-0.15, -0.1) is 0 Å². The van der Waals surface area contributed by atoms with E-state index in [0.717, 1.165) is 33.2 Å². The second-order valence-corrected chi connectivity index (χ2v) is 9.78. The molecule has 0 unspecified atom stereocenters. The second kappa shape index (κ2) is 14.1. The van der Waals surface area contributed by atoms with Crippen LogP contribution in [-0.2, 0) is 55.9 Å². The molecule has 2 aromatic heterocycles. The van der Waals surface area contributed by atoms with Crippen molar-refractivity contribution in [1.82, 2.24) is 9.97 Å². The van der Waals surface area contributed by atoms with E-state index in [1.807, 2.05) is 12.1 Å². The van der Waals surface area contributed by atoms with Crippen LogP contribution >= 0.6 is 0 Å². The van der Waals surface area contributed by atoms with Gasteiger partial charge in [0, 0.05) is 22.2 Å². The standard InChI is InChI=1S/C26H20N2.C6H7NO2S2.Pt/c1-17-15-23(19-9-5-3-6-10-19)21-13-14-22-24(20-11-7-4-8-12-20)16-18(2)28-26(22)25(21)27-17;1-2-9-5(8)4(3-7)6(10)11;/h3-16H,1-2H3;10-11H,2H2,1H3;/q;;+2/p-2. The molecule has 0 spiro atoms. The molecule has 0 aliphatic heterocycles. The Labute approximate surface area is 259 Å². The number of carbonyl (C=O) groups excluding carboxylic acids is 1. The predicted molar refractivity (Wildman–Crippen MR) is 161 cm³/mol. The van der Waals surface area contributed by atoms with Gasteiger partial charge in [0.2, 0.25) is 0 Å². The molecular formula is C32H25N3O2PtS2. The van der Waals surface area contributed by atoms with E-state index in [2.05, 4.69) is 117 Å². The summed E-state index contributed by atoms with van der Waals surface area (Å²) in [5.41, 5.74) is 8.49. The molecule has 0 amide bonds. The van der Waals surface area contributed by atoms with Crippen LogP contribution in [0.1, 0.15) is 18.3 Å². The molecule has 8 heteroatoms. The van der Waals surface area contributed by atoms with Crippen LogP contribution in [0.3, 0.4) is 0 Å². The molecule has 40 heavy (non-hydrogen) atoms. The van der Waals surface area contributed by atoms with Crippen molar-refractivity contribution >= 4 is 53.0 Å². The van der Waals surface area contributed by atoms with Crippen molar-refractivity contribution in [3.63, 3.8) is 0 Å². The molecule has 0 N–H and O–H groups in total. The van der Waals surface area contributed by atoms with E-state index < -0.39 is 5.97 Å². The van der Waals surface area contributed by atoms with Gasteiger partial charge in [-0.05, 0) is 55.2 Å². The van der Waals surface area contributed by atoms with Crippen molar-refractivity contribution in [1.29, 1.82) is 5.26 Å². The summed E-state index contributed by atoms with van der Waals surface area (Å²) in [6.45, 7) is 5.96. The summed E-state index contributed by atoms with van der Waals surface area (Å²) < 4.78 is 4.36. The smallest absolute Gasteiger partial charge is 0.806 e. The number of aryl methyl sites for hydroxylation is 2. The van der Waals surface area contributed by atoms with Gasteiger partial charge in [-0.2, -0.15) is 5.26 Å². The Hall–Kier alpha value is -3.69. The quantitative estimate of drug-likeness (QED) is 0.0639. The summed E-state index contributed by atoms with van der Waals surface area (Å²) in [6, 6.07) is 31.3. The van der Waals surface area contributed by atoms with E-state index in [4.69, 9.17) is 15.2 Å². The predicted octanol–water partition coefficient (Wildman–Crippen LogP) is 7.11. The molecule has 2 heterocycles. The van der Waals surface area contributed by atoms with Gasteiger partial charge in [0.15, 0.2) is 0 Å². The molecule has 202 valence electrons. The van der Waals surface area contributed by atoms with Crippen molar-refractivity contribution in [2.45, 2.75) is 20.8 Å². The van der Waals surface area contributed by atoms with Gasteiger partial charge in [-0.25, -0.2) is 4.79 Å². The zero-order valence-electron chi connectivity index (χ0n) is 22.1. The third kappa shape index (κ3) is 6.89. The first-order chi connectivity index (χ1) is 18.8. The normalized spacial score (nSPS) is 10.1. The summed E-state index contributed by atoms with van der Waals surface area (Å²) in [5.74, 6) is -0.741. The van der Waals surface area contributed by atoms with Crippen LogP contribution in [0, 0.1) is 25.2 Å². The maximum atomic E-state index is 10.8. The van der Waals surface area contributed by atoms with E-state index in [-0.39, 0.29) is 37.5 Å². The number of ether oxygens (including phenoxy) is 1. The number of fused-ring (bicyclic) bond motifs is 3. The maximum Gasteiger partial charge on any atom is 2.00 e. The molecule has 0 aliphatic carbocycles. The van der Waals surface area contributed by atoms with Crippen LogP contribution in [0.2, 0.25) is 0 Å². The number of esters is 1. The van der Waals surface area contributed by atoms with E-state index in [1.54, 1.807) is 13.0 Å². The van der Waals surface area contributed by atoms with Crippen LogP contribution in [0.15, 0.2) is 94.7 Å². The minimum absolute atomic E-state index is 0. The largest absolute Gasteiger partial charge is 2.00 e. The van der Waals surface area contributed by atoms with Gasteiger partial charge >= 0.3 is 27.0 Å². The molecule has 0 saturated heterocycles. The van der Waals surface area contributed by atoms with E-state index in [9.17, 15) is 4.79 Å². The Balaban J connectivity index is 0.000000316. The summed E-state index contributed by atoms with van der Waals surface area (Å²) >= 11 is 8.92. The molecule has 0 saturated carbocycles. The molecule has 5 rings (SSSR count). The van der Waals surface area contributed by atoms with Gasteiger partial charge in [0.05, 0.1) is 23.2 Å². The average Bonchev–Trinajstić information content (AvgIpc) is 2.94. The Bertz CT molecular complexity index is 1630. The summed E-state index contributed by atoms with van der Waals surface area (Å²) in [5, 5.41) is 10.6. The fraction of sp³-hybridized carbons (Fsp3) is 0.125. The summed E-state index contributed by atoms with van der Waals surface area (Å²) in [7, 11) is 0. The molecule has 5 aromatic rings. The first-order valence-corrected chi connectivity index (χ1v) is 13.1. The number of benzene rings is 3. The third-order valence-electron chi connectivity index (χ3n) is 5.98. The number of nitriles is 1. The number of carbonyl (C=O) groups is 1. The van der Waals surface area contributed by atoms with Crippen molar-refractivity contribution in [2.24, 2.45) is 0 Å². The Morgan fingerprint density at radius 3 is 1.57 bits per heavy atom. The third-order valence-corrected chi connectivity index (χ3v) is 6.39. The van der Waals surface area contributed by atoms with Crippen LogP contribution in [0.5, 0.6) is 0 Å². The van der Waals surface area contributed by atoms with Crippen LogP contribution in [-0.4, -0.2) is 22.5 Å². The molecule has 0 bridgehead atoms. The average molecular weight is 743 g/mol. The molecule has 0 aliphatic rings. The van der Waals surface area contributed by atoms with Gasteiger partial charge in [-0.1, -0.05) is 72.8 Å². The monoisotopic (exact) mass is 742 g/mol.